The molecular weight excluding hydrogens is 222 g/mol. The molecule has 0 fully saturated rings. The van der Waals surface area contributed by atoms with E-state index in [1.807, 2.05) is 6.07 Å². The normalized spacial score (nSPS) is 12.6. The number of hydrogen-bond acceptors (Lipinski definition) is 2. The highest BCUT2D eigenvalue weighted by atomic mass is 35.5. The molecular formula is C13H20ClNO. The largest absolute Gasteiger partial charge is 0.495 e. The van der Waals surface area contributed by atoms with Gasteiger partial charge in [-0.1, -0.05) is 31.5 Å². The third kappa shape index (κ3) is 3.13. The maximum atomic E-state index is 6.17. The van der Waals surface area contributed by atoms with Crippen LogP contribution in [0, 0.1) is 0 Å². The van der Waals surface area contributed by atoms with Crippen LogP contribution in [0.15, 0.2) is 12.1 Å². The Kier molecular flexibility index (Phi) is 5.10. The number of nitrogens with two attached hydrogens (primary N) is 1. The van der Waals surface area contributed by atoms with Crippen molar-refractivity contribution in [1.82, 2.24) is 0 Å². The Morgan fingerprint density at radius 2 is 2.06 bits per heavy atom. The maximum Gasteiger partial charge on any atom is 0.140 e. The quantitative estimate of drug-likeness (QED) is 0.859. The zero-order chi connectivity index (χ0) is 12.1. The van der Waals surface area contributed by atoms with E-state index in [1.165, 1.54) is 5.56 Å². The van der Waals surface area contributed by atoms with Gasteiger partial charge in [-0.25, -0.2) is 0 Å². The molecule has 0 heterocycles. The molecule has 0 aromatic heterocycles. The summed E-state index contributed by atoms with van der Waals surface area (Å²) in [7, 11) is 1.65. The Bertz CT molecular complexity index is 352. The molecule has 1 unspecified atom stereocenters. The summed E-state index contributed by atoms with van der Waals surface area (Å²) in [6.07, 6.45) is 2.76. The molecule has 3 heteroatoms. The van der Waals surface area contributed by atoms with Crippen LogP contribution >= 0.6 is 11.6 Å². The molecule has 0 aliphatic heterocycles. The molecule has 0 aliphatic carbocycles. The van der Waals surface area contributed by atoms with Crippen LogP contribution in [0.25, 0.3) is 0 Å². The van der Waals surface area contributed by atoms with Gasteiger partial charge in [0, 0.05) is 6.04 Å². The lowest BCUT2D eigenvalue weighted by molar-refractivity contribution is 0.410. The zero-order valence-corrected chi connectivity index (χ0v) is 11.0. The fourth-order valence-electron chi connectivity index (χ4n) is 1.77. The highest BCUT2D eigenvalue weighted by molar-refractivity contribution is 6.32. The number of hydrogen-bond donors (Lipinski definition) is 1. The first kappa shape index (κ1) is 13.3. The minimum absolute atomic E-state index is 0.203. The van der Waals surface area contributed by atoms with Crippen molar-refractivity contribution in [2.24, 2.45) is 5.73 Å². The molecule has 0 spiro atoms. The van der Waals surface area contributed by atoms with E-state index in [1.54, 1.807) is 7.11 Å². The Hall–Kier alpha value is -0.730. The third-order valence-corrected chi connectivity index (χ3v) is 3.07. The smallest absolute Gasteiger partial charge is 0.140 e. The summed E-state index contributed by atoms with van der Waals surface area (Å²) in [6.45, 7) is 4.19. The van der Waals surface area contributed by atoms with Crippen molar-refractivity contribution in [3.05, 3.63) is 28.3 Å². The van der Waals surface area contributed by atoms with Gasteiger partial charge in [0.05, 0.1) is 12.1 Å². The SMILES string of the molecule is CCc1cc(CC(N)CC)cc(Cl)c1OC. The van der Waals surface area contributed by atoms with E-state index < -0.39 is 0 Å². The summed E-state index contributed by atoms with van der Waals surface area (Å²) in [5.41, 5.74) is 8.28. The second-order valence-electron chi connectivity index (χ2n) is 4.00. The van der Waals surface area contributed by atoms with Crippen molar-refractivity contribution in [1.29, 1.82) is 0 Å². The van der Waals surface area contributed by atoms with E-state index in [4.69, 9.17) is 22.1 Å². The highest BCUT2D eigenvalue weighted by Gasteiger charge is 2.10. The van der Waals surface area contributed by atoms with Gasteiger partial charge in [0.1, 0.15) is 5.75 Å². The van der Waals surface area contributed by atoms with Crippen LogP contribution in [0.5, 0.6) is 5.75 Å². The number of aryl methyl sites for hydroxylation is 1. The molecule has 0 radical (unpaired) electrons. The summed E-state index contributed by atoms with van der Waals surface area (Å²) in [5.74, 6) is 0.790. The lowest BCUT2D eigenvalue weighted by Gasteiger charge is -2.14. The summed E-state index contributed by atoms with van der Waals surface area (Å²) < 4.78 is 5.29. The van der Waals surface area contributed by atoms with Crippen molar-refractivity contribution >= 4 is 11.6 Å². The van der Waals surface area contributed by atoms with Crippen LogP contribution in [-0.4, -0.2) is 13.2 Å². The fraction of sp³-hybridized carbons (Fsp3) is 0.538. The van der Waals surface area contributed by atoms with Gasteiger partial charge in [-0.2, -0.15) is 0 Å². The van der Waals surface area contributed by atoms with E-state index in [-0.39, 0.29) is 6.04 Å². The molecule has 2 N–H and O–H groups in total. The van der Waals surface area contributed by atoms with Gasteiger partial charge < -0.3 is 10.5 Å². The van der Waals surface area contributed by atoms with Gasteiger partial charge in [-0.05, 0) is 36.5 Å². The van der Waals surface area contributed by atoms with Crippen LogP contribution in [-0.2, 0) is 12.8 Å². The van der Waals surface area contributed by atoms with Crippen molar-refractivity contribution in [2.75, 3.05) is 7.11 Å². The Morgan fingerprint density at radius 3 is 2.56 bits per heavy atom. The summed E-state index contributed by atoms with van der Waals surface area (Å²) in [5, 5.41) is 0.681. The van der Waals surface area contributed by atoms with Gasteiger partial charge >= 0.3 is 0 Å². The number of ether oxygens (including phenoxy) is 1. The van der Waals surface area contributed by atoms with Crippen LogP contribution < -0.4 is 10.5 Å². The van der Waals surface area contributed by atoms with Gasteiger partial charge in [-0.15, -0.1) is 0 Å². The second-order valence-corrected chi connectivity index (χ2v) is 4.40. The average Bonchev–Trinajstić information content (AvgIpc) is 2.28. The second kappa shape index (κ2) is 6.12. The van der Waals surface area contributed by atoms with Gasteiger partial charge in [0.25, 0.3) is 0 Å². The number of benzene rings is 1. The maximum absolute atomic E-state index is 6.17. The molecule has 2 nitrogen and oxygen atoms in total. The molecule has 0 saturated carbocycles. The van der Waals surface area contributed by atoms with E-state index in [0.717, 1.165) is 30.6 Å². The Morgan fingerprint density at radius 1 is 1.38 bits per heavy atom. The first-order valence-electron chi connectivity index (χ1n) is 5.73. The van der Waals surface area contributed by atoms with Gasteiger partial charge in [0.15, 0.2) is 0 Å². The van der Waals surface area contributed by atoms with Crippen LogP contribution in [0.3, 0.4) is 0 Å². The summed E-state index contributed by atoms with van der Waals surface area (Å²) in [6, 6.07) is 4.30. The van der Waals surface area contributed by atoms with E-state index in [2.05, 4.69) is 19.9 Å². The topological polar surface area (TPSA) is 35.2 Å². The molecule has 1 rings (SSSR count). The van der Waals surface area contributed by atoms with Crippen molar-refractivity contribution < 1.29 is 4.74 Å². The molecule has 1 aromatic carbocycles. The molecule has 0 saturated heterocycles. The predicted octanol–water partition coefficient (Wildman–Crippen LogP) is 3.19. The Labute approximate surface area is 103 Å². The van der Waals surface area contributed by atoms with Gasteiger partial charge in [-0.3, -0.25) is 0 Å². The minimum atomic E-state index is 0.203. The molecule has 0 aliphatic rings. The van der Waals surface area contributed by atoms with E-state index in [9.17, 15) is 0 Å². The first-order valence-corrected chi connectivity index (χ1v) is 6.11. The number of methoxy groups -OCH3 is 1. The van der Waals surface area contributed by atoms with Crippen molar-refractivity contribution in [2.45, 2.75) is 39.2 Å². The van der Waals surface area contributed by atoms with Gasteiger partial charge in [0.2, 0.25) is 0 Å². The zero-order valence-electron chi connectivity index (χ0n) is 10.2. The van der Waals surface area contributed by atoms with Crippen molar-refractivity contribution in [3.8, 4) is 5.75 Å². The van der Waals surface area contributed by atoms with Crippen molar-refractivity contribution in [3.63, 3.8) is 0 Å². The molecule has 1 atom stereocenters. The lowest BCUT2D eigenvalue weighted by Crippen LogP contribution is -2.21. The molecule has 1 aromatic rings. The van der Waals surface area contributed by atoms with Crippen LogP contribution in [0.2, 0.25) is 5.02 Å². The Balaban J connectivity index is 3.00. The number of halogens is 1. The number of rotatable bonds is 5. The minimum Gasteiger partial charge on any atom is -0.495 e. The summed E-state index contributed by atoms with van der Waals surface area (Å²) in [4.78, 5) is 0. The van der Waals surface area contributed by atoms with Crippen LogP contribution in [0.1, 0.15) is 31.4 Å². The summed E-state index contributed by atoms with van der Waals surface area (Å²) >= 11 is 6.17. The monoisotopic (exact) mass is 241 g/mol. The standard InChI is InChI=1S/C13H20ClNO/c1-4-10-6-9(7-11(15)5-2)8-12(14)13(10)16-3/h6,8,11H,4-5,7,15H2,1-3H3. The predicted molar refractivity (Wildman–Crippen MR) is 69.4 cm³/mol. The third-order valence-electron chi connectivity index (χ3n) is 2.79. The molecule has 0 bridgehead atoms. The van der Waals surface area contributed by atoms with Crippen LogP contribution in [0.4, 0.5) is 0 Å². The average molecular weight is 242 g/mol. The molecule has 90 valence electrons. The molecule has 16 heavy (non-hydrogen) atoms. The highest BCUT2D eigenvalue weighted by Crippen LogP contribution is 2.31. The molecule has 0 amide bonds. The first-order chi connectivity index (χ1) is 7.62. The van der Waals surface area contributed by atoms with E-state index >= 15 is 0 Å². The van der Waals surface area contributed by atoms with E-state index in [0.29, 0.717) is 5.02 Å². The fourth-order valence-corrected chi connectivity index (χ4v) is 2.11. The lowest BCUT2D eigenvalue weighted by atomic mass is 10.0.